The SMILES string of the molecule is CCCC1CN(c2cc(F)ccc2C(=O)O)C1. The third-order valence-electron chi connectivity index (χ3n) is 3.18. The molecule has 92 valence electrons. The number of rotatable bonds is 4. The second-order valence-corrected chi connectivity index (χ2v) is 4.53. The maximum atomic E-state index is 13.2. The molecule has 2 rings (SSSR count). The molecular formula is C13H16FNO2. The number of hydrogen-bond acceptors (Lipinski definition) is 2. The first kappa shape index (κ1) is 11.9. The van der Waals surface area contributed by atoms with Gasteiger partial charge in [0.25, 0.3) is 0 Å². The standard InChI is InChI=1S/C13H16FNO2/c1-2-3-9-7-15(8-9)12-6-10(14)4-5-11(12)13(16)17/h4-6,9H,2-3,7-8H2,1H3,(H,16,17). The van der Waals surface area contributed by atoms with E-state index in [0.29, 0.717) is 11.6 Å². The fourth-order valence-electron chi connectivity index (χ4n) is 2.30. The topological polar surface area (TPSA) is 40.5 Å². The van der Waals surface area contributed by atoms with E-state index >= 15 is 0 Å². The summed E-state index contributed by atoms with van der Waals surface area (Å²) >= 11 is 0. The predicted molar refractivity (Wildman–Crippen MR) is 64.0 cm³/mol. The van der Waals surface area contributed by atoms with Gasteiger partial charge in [-0.1, -0.05) is 13.3 Å². The van der Waals surface area contributed by atoms with Crippen LogP contribution in [0.25, 0.3) is 0 Å². The molecule has 0 spiro atoms. The van der Waals surface area contributed by atoms with Gasteiger partial charge in [-0.3, -0.25) is 0 Å². The molecule has 1 N–H and O–H groups in total. The number of hydrogen-bond donors (Lipinski definition) is 1. The summed E-state index contributed by atoms with van der Waals surface area (Å²) in [6.07, 6.45) is 2.28. The third-order valence-corrected chi connectivity index (χ3v) is 3.18. The van der Waals surface area contributed by atoms with Crippen molar-refractivity contribution in [3.8, 4) is 0 Å². The molecule has 17 heavy (non-hydrogen) atoms. The van der Waals surface area contributed by atoms with Gasteiger partial charge in [0.2, 0.25) is 0 Å². The van der Waals surface area contributed by atoms with Crippen molar-refractivity contribution in [1.29, 1.82) is 0 Å². The molecule has 1 aliphatic rings. The highest BCUT2D eigenvalue weighted by Gasteiger charge is 2.28. The van der Waals surface area contributed by atoms with Gasteiger partial charge in [0.05, 0.1) is 11.3 Å². The van der Waals surface area contributed by atoms with Crippen molar-refractivity contribution in [3.05, 3.63) is 29.6 Å². The molecule has 0 saturated carbocycles. The van der Waals surface area contributed by atoms with Crippen molar-refractivity contribution in [1.82, 2.24) is 0 Å². The maximum Gasteiger partial charge on any atom is 0.337 e. The molecule has 0 radical (unpaired) electrons. The number of benzene rings is 1. The molecule has 1 fully saturated rings. The van der Waals surface area contributed by atoms with Gasteiger partial charge in [-0.2, -0.15) is 0 Å². The van der Waals surface area contributed by atoms with Crippen molar-refractivity contribution in [3.63, 3.8) is 0 Å². The van der Waals surface area contributed by atoms with Crippen LogP contribution in [-0.2, 0) is 0 Å². The van der Waals surface area contributed by atoms with E-state index in [0.717, 1.165) is 25.9 Å². The Kier molecular flexibility index (Phi) is 3.31. The van der Waals surface area contributed by atoms with Crippen LogP contribution in [0.4, 0.5) is 10.1 Å². The van der Waals surface area contributed by atoms with Crippen LogP contribution in [-0.4, -0.2) is 24.2 Å². The van der Waals surface area contributed by atoms with Gasteiger partial charge in [-0.05, 0) is 30.5 Å². The molecule has 3 nitrogen and oxygen atoms in total. The van der Waals surface area contributed by atoms with Gasteiger partial charge in [0, 0.05) is 13.1 Å². The van der Waals surface area contributed by atoms with E-state index in [-0.39, 0.29) is 11.4 Å². The number of aromatic carboxylic acids is 1. The van der Waals surface area contributed by atoms with Crippen molar-refractivity contribution < 1.29 is 14.3 Å². The molecule has 0 atom stereocenters. The number of carbonyl (C=O) groups is 1. The Morgan fingerprint density at radius 3 is 2.82 bits per heavy atom. The fraction of sp³-hybridized carbons (Fsp3) is 0.462. The Bertz CT molecular complexity index is 427. The zero-order chi connectivity index (χ0) is 12.4. The summed E-state index contributed by atoms with van der Waals surface area (Å²) in [5.41, 5.74) is 0.686. The summed E-state index contributed by atoms with van der Waals surface area (Å²) in [5, 5.41) is 9.05. The van der Waals surface area contributed by atoms with Crippen molar-refractivity contribution in [2.75, 3.05) is 18.0 Å². The summed E-state index contributed by atoms with van der Waals surface area (Å²) in [4.78, 5) is 13.0. The summed E-state index contributed by atoms with van der Waals surface area (Å²) in [5.74, 6) is -0.771. The molecule has 1 heterocycles. The second-order valence-electron chi connectivity index (χ2n) is 4.53. The minimum atomic E-state index is -1.00. The smallest absolute Gasteiger partial charge is 0.337 e. The average Bonchev–Trinajstić information content (AvgIpc) is 2.22. The van der Waals surface area contributed by atoms with Gasteiger partial charge >= 0.3 is 5.97 Å². The molecule has 4 heteroatoms. The molecule has 1 saturated heterocycles. The Labute approximate surface area is 99.9 Å². The Morgan fingerprint density at radius 2 is 2.24 bits per heavy atom. The quantitative estimate of drug-likeness (QED) is 0.875. The zero-order valence-electron chi connectivity index (χ0n) is 9.82. The summed E-state index contributed by atoms with van der Waals surface area (Å²) in [6.45, 7) is 3.79. The van der Waals surface area contributed by atoms with Crippen LogP contribution < -0.4 is 4.90 Å². The van der Waals surface area contributed by atoms with Gasteiger partial charge in [0.1, 0.15) is 5.82 Å². The summed E-state index contributed by atoms with van der Waals surface area (Å²) in [7, 11) is 0. The van der Waals surface area contributed by atoms with Crippen LogP contribution in [0.5, 0.6) is 0 Å². The van der Waals surface area contributed by atoms with Gasteiger partial charge in [0.15, 0.2) is 0 Å². The molecule has 0 unspecified atom stereocenters. The van der Waals surface area contributed by atoms with Gasteiger partial charge in [-0.15, -0.1) is 0 Å². The minimum absolute atomic E-state index is 0.182. The highest BCUT2D eigenvalue weighted by atomic mass is 19.1. The molecule has 0 bridgehead atoms. The molecule has 0 aliphatic carbocycles. The first-order valence-electron chi connectivity index (χ1n) is 5.89. The second kappa shape index (κ2) is 4.73. The largest absolute Gasteiger partial charge is 0.478 e. The fourth-order valence-corrected chi connectivity index (χ4v) is 2.30. The van der Waals surface area contributed by atoms with E-state index in [9.17, 15) is 9.18 Å². The average molecular weight is 237 g/mol. The van der Waals surface area contributed by atoms with E-state index in [2.05, 4.69) is 6.92 Å². The molecule has 0 amide bonds. The summed E-state index contributed by atoms with van der Waals surface area (Å²) < 4.78 is 13.2. The lowest BCUT2D eigenvalue weighted by Gasteiger charge is -2.41. The monoisotopic (exact) mass is 237 g/mol. The zero-order valence-corrected chi connectivity index (χ0v) is 9.82. The molecule has 1 aromatic carbocycles. The lowest BCUT2D eigenvalue weighted by atomic mass is 9.93. The van der Waals surface area contributed by atoms with Crippen LogP contribution in [0.2, 0.25) is 0 Å². The minimum Gasteiger partial charge on any atom is -0.478 e. The van der Waals surface area contributed by atoms with Crippen LogP contribution in [0.1, 0.15) is 30.1 Å². The van der Waals surface area contributed by atoms with Crippen molar-refractivity contribution in [2.24, 2.45) is 5.92 Å². The highest BCUT2D eigenvalue weighted by Crippen LogP contribution is 2.30. The normalized spacial score (nSPS) is 15.8. The number of carboxylic acids is 1. The number of carboxylic acid groups (broad SMARTS) is 1. The third kappa shape index (κ3) is 2.40. The first-order valence-corrected chi connectivity index (χ1v) is 5.89. The van der Waals surface area contributed by atoms with Crippen LogP contribution in [0.3, 0.4) is 0 Å². The number of halogens is 1. The van der Waals surface area contributed by atoms with Crippen molar-refractivity contribution >= 4 is 11.7 Å². The Hall–Kier alpha value is -1.58. The first-order chi connectivity index (χ1) is 8.11. The van der Waals surface area contributed by atoms with Crippen molar-refractivity contribution in [2.45, 2.75) is 19.8 Å². The molecule has 0 aromatic heterocycles. The van der Waals surface area contributed by atoms with Crippen LogP contribution in [0.15, 0.2) is 18.2 Å². The predicted octanol–water partition coefficient (Wildman–Crippen LogP) is 2.76. The van der Waals surface area contributed by atoms with E-state index in [1.54, 1.807) is 0 Å². The van der Waals surface area contributed by atoms with E-state index in [4.69, 9.17) is 5.11 Å². The maximum absolute atomic E-state index is 13.2. The summed E-state index contributed by atoms with van der Waals surface area (Å²) in [6, 6.07) is 3.84. The lowest BCUT2D eigenvalue weighted by Crippen LogP contribution is -2.47. The Balaban J connectivity index is 2.16. The molecule has 1 aromatic rings. The molecule has 1 aliphatic heterocycles. The highest BCUT2D eigenvalue weighted by molar-refractivity contribution is 5.94. The molecular weight excluding hydrogens is 221 g/mol. The van der Waals surface area contributed by atoms with Gasteiger partial charge in [-0.25, -0.2) is 9.18 Å². The van der Waals surface area contributed by atoms with Gasteiger partial charge < -0.3 is 10.0 Å². The van der Waals surface area contributed by atoms with E-state index < -0.39 is 5.97 Å². The van der Waals surface area contributed by atoms with Crippen LogP contribution in [0, 0.1) is 11.7 Å². The van der Waals surface area contributed by atoms with E-state index in [1.165, 1.54) is 18.2 Å². The number of nitrogens with zero attached hydrogens (tertiary/aromatic N) is 1. The Morgan fingerprint density at radius 1 is 1.53 bits per heavy atom. The van der Waals surface area contributed by atoms with Crippen LogP contribution >= 0.6 is 0 Å². The van der Waals surface area contributed by atoms with E-state index in [1.807, 2.05) is 4.90 Å². The lowest BCUT2D eigenvalue weighted by molar-refractivity contribution is 0.0697. The number of anilines is 1.